The van der Waals surface area contributed by atoms with E-state index < -0.39 is 41.9 Å². The molecule has 2 aliphatic heterocycles. The third kappa shape index (κ3) is 4.28. The smallest absolute Gasteiger partial charge is 0.368 e. The second-order valence-electron chi connectivity index (χ2n) is 9.11. The predicted octanol–water partition coefficient (Wildman–Crippen LogP) is 4.04. The van der Waals surface area contributed by atoms with E-state index in [1.54, 1.807) is 0 Å². The van der Waals surface area contributed by atoms with E-state index in [1.165, 1.54) is 6.20 Å². The van der Waals surface area contributed by atoms with Gasteiger partial charge in [0, 0.05) is 48.7 Å². The van der Waals surface area contributed by atoms with Crippen molar-refractivity contribution in [3.05, 3.63) is 47.8 Å². The predicted molar refractivity (Wildman–Crippen MR) is 112 cm³/mol. The molecular formula is C23H23F5N4O. The van der Waals surface area contributed by atoms with Gasteiger partial charge in [-0.25, -0.2) is 8.78 Å². The van der Waals surface area contributed by atoms with Crippen LogP contribution in [0.5, 0.6) is 0 Å². The van der Waals surface area contributed by atoms with Gasteiger partial charge < -0.3 is 15.5 Å². The monoisotopic (exact) mass is 467 g/mol. The van der Waals surface area contributed by atoms with Crippen molar-refractivity contribution >= 4 is 11.6 Å². The Kier molecular flexibility index (Phi) is 5.01. The average molecular weight is 467 g/mol. The van der Waals surface area contributed by atoms with Crippen molar-refractivity contribution in [2.45, 2.75) is 43.4 Å². The third-order valence-corrected chi connectivity index (χ3v) is 6.79. The van der Waals surface area contributed by atoms with Crippen molar-refractivity contribution < 1.29 is 28.1 Å². The van der Waals surface area contributed by atoms with Crippen molar-refractivity contribution in [3.63, 3.8) is 0 Å². The minimum absolute atomic E-state index is 0.133. The highest BCUT2D eigenvalue weighted by molar-refractivity contribution is 6.03. The first-order valence-electron chi connectivity index (χ1n) is 11.4. The van der Waals surface area contributed by atoms with E-state index in [0.717, 1.165) is 44.0 Å². The van der Waals surface area contributed by atoms with E-state index in [4.69, 9.17) is 1.37 Å². The Morgan fingerprint density at radius 1 is 1.24 bits per heavy atom. The fourth-order valence-electron chi connectivity index (χ4n) is 5.05. The molecule has 3 heterocycles. The number of benzene rings is 1. The molecule has 1 spiro atoms. The fraction of sp³-hybridized carbons (Fsp3) is 0.478. The summed E-state index contributed by atoms with van der Waals surface area (Å²) in [4.78, 5) is 19.0. The first-order valence-corrected chi connectivity index (χ1v) is 10.9. The maximum Gasteiger partial charge on any atom is 0.393 e. The highest BCUT2D eigenvalue weighted by atomic mass is 19.4. The van der Waals surface area contributed by atoms with Crippen LogP contribution in [0.4, 0.5) is 27.6 Å². The molecule has 1 aromatic heterocycles. The van der Waals surface area contributed by atoms with Crippen LogP contribution < -0.4 is 15.5 Å². The molecule has 2 saturated heterocycles. The zero-order valence-corrected chi connectivity index (χ0v) is 17.6. The van der Waals surface area contributed by atoms with E-state index in [1.807, 2.05) is 4.90 Å². The molecule has 3 fully saturated rings. The number of alkyl halides is 3. The van der Waals surface area contributed by atoms with Crippen molar-refractivity contribution in [1.29, 1.82) is 0 Å². The normalized spacial score (nSPS) is 27.2. The molecule has 2 aromatic rings. The summed E-state index contributed by atoms with van der Waals surface area (Å²) in [6.45, 7) is 1.86. The maximum absolute atomic E-state index is 14.0. The lowest BCUT2D eigenvalue weighted by molar-refractivity contribution is -0.148. The van der Waals surface area contributed by atoms with Crippen molar-refractivity contribution in [1.82, 2.24) is 15.6 Å². The van der Waals surface area contributed by atoms with Gasteiger partial charge in [0.1, 0.15) is 11.6 Å². The van der Waals surface area contributed by atoms with Crippen LogP contribution in [0, 0.1) is 17.6 Å². The molecule has 2 N–H and O–H groups in total. The Morgan fingerprint density at radius 3 is 2.64 bits per heavy atom. The number of halogens is 5. The summed E-state index contributed by atoms with van der Waals surface area (Å²) in [5, 5.41) is 5.87. The van der Waals surface area contributed by atoms with Crippen molar-refractivity contribution in [2.75, 3.05) is 24.5 Å². The summed E-state index contributed by atoms with van der Waals surface area (Å²) in [5.74, 6) is -4.10. The Labute approximate surface area is 188 Å². The lowest BCUT2D eigenvalue weighted by Crippen LogP contribution is -2.42. The van der Waals surface area contributed by atoms with E-state index in [9.17, 15) is 26.7 Å². The van der Waals surface area contributed by atoms with E-state index in [0.29, 0.717) is 13.1 Å². The number of pyridine rings is 1. The second-order valence-corrected chi connectivity index (χ2v) is 9.11. The van der Waals surface area contributed by atoms with Crippen molar-refractivity contribution in [2.24, 2.45) is 5.92 Å². The molecule has 1 aromatic carbocycles. The number of hydrogen-bond donors (Lipinski definition) is 2. The van der Waals surface area contributed by atoms with Crippen LogP contribution in [-0.2, 0) is 0 Å². The van der Waals surface area contributed by atoms with Gasteiger partial charge in [0.05, 0.1) is 18.5 Å². The van der Waals surface area contributed by atoms with Crippen LogP contribution in [0.15, 0.2) is 30.6 Å². The molecule has 10 heteroatoms. The van der Waals surface area contributed by atoms with Gasteiger partial charge in [-0.15, -0.1) is 0 Å². The summed E-state index contributed by atoms with van der Waals surface area (Å²) in [6, 6.07) is 1.86. The molecule has 0 bridgehead atoms. The molecule has 33 heavy (non-hydrogen) atoms. The molecular weight excluding hydrogens is 443 g/mol. The van der Waals surface area contributed by atoms with Crippen LogP contribution in [0.2, 0.25) is 0 Å². The number of nitrogens with zero attached hydrogens (tertiary/aromatic N) is 2. The highest BCUT2D eigenvalue weighted by Gasteiger charge is 2.56. The molecule has 3 atom stereocenters. The largest absolute Gasteiger partial charge is 0.393 e. The van der Waals surface area contributed by atoms with Gasteiger partial charge in [-0.2, -0.15) is 13.2 Å². The SMILES string of the molecule is [2H]c1ncc(-c2cc(F)cc(F)c2)c(N2CC[C@@]3(CCCN3)C2)c1C(=O)N[C@@H]1C[C@H]1C(F)(F)F. The number of nitrogens with one attached hydrogen (secondary N) is 2. The number of anilines is 1. The lowest BCUT2D eigenvalue weighted by atomic mass is 9.96. The van der Waals surface area contributed by atoms with Gasteiger partial charge in [0.15, 0.2) is 0 Å². The number of hydrogen-bond acceptors (Lipinski definition) is 4. The Balaban J connectivity index is 1.57. The van der Waals surface area contributed by atoms with Gasteiger partial charge in [0.2, 0.25) is 0 Å². The molecule has 1 amide bonds. The highest BCUT2D eigenvalue weighted by Crippen LogP contribution is 2.45. The van der Waals surface area contributed by atoms with Crippen molar-refractivity contribution in [3.8, 4) is 11.1 Å². The molecule has 176 valence electrons. The number of aromatic nitrogens is 1. The quantitative estimate of drug-likeness (QED) is 0.667. The lowest BCUT2D eigenvalue weighted by Gasteiger charge is -2.28. The van der Waals surface area contributed by atoms with Crippen LogP contribution in [0.25, 0.3) is 11.1 Å². The van der Waals surface area contributed by atoms with Gasteiger partial charge in [-0.05, 0) is 49.9 Å². The standard InChI is InChI=1S/C23H23F5N4O/c24-14-6-13(7-15(25)8-14)16-10-29-11-17(21(33)31-19-9-18(19)23(26,27)28)20(16)32-5-3-22(12-32)2-1-4-30-22/h6-8,10-11,18-19,30H,1-5,9,12H2,(H,31,33)/t18-,19-,22+/m1/s1/i11D. The molecule has 0 unspecified atom stereocenters. The summed E-state index contributed by atoms with van der Waals surface area (Å²) < 4.78 is 75.3. The van der Waals surface area contributed by atoms with Crippen LogP contribution >= 0.6 is 0 Å². The first kappa shape index (κ1) is 20.8. The number of amides is 1. The minimum Gasteiger partial charge on any atom is -0.368 e. The molecule has 1 saturated carbocycles. The molecule has 5 rings (SSSR count). The van der Waals surface area contributed by atoms with Gasteiger partial charge in [-0.1, -0.05) is 0 Å². The average Bonchev–Trinajstić information content (AvgIpc) is 3.20. The Morgan fingerprint density at radius 2 is 2.00 bits per heavy atom. The van der Waals surface area contributed by atoms with E-state index in [2.05, 4.69) is 15.6 Å². The van der Waals surface area contributed by atoms with Gasteiger partial charge in [0.25, 0.3) is 5.91 Å². The number of carbonyl (C=O) groups excluding carboxylic acids is 1. The molecule has 0 radical (unpaired) electrons. The minimum atomic E-state index is -4.42. The second kappa shape index (κ2) is 7.93. The molecule has 1 aliphatic carbocycles. The summed E-state index contributed by atoms with van der Waals surface area (Å²) in [7, 11) is 0. The van der Waals surface area contributed by atoms with E-state index >= 15 is 0 Å². The van der Waals surface area contributed by atoms with Crippen LogP contribution in [0.3, 0.4) is 0 Å². The van der Waals surface area contributed by atoms with Crippen LogP contribution in [-0.4, -0.2) is 48.3 Å². The summed E-state index contributed by atoms with van der Waals surface area (Å²) in [5.41, 5.74) is 0.274. The van der Waals surface area contributed by atoms with Gasteiger partial charge >= 0.3 is 6.18 Å². The summed E-state index contributed by atoms with van der Waals surface area (Å²) in [6.07, 6.45) is -1.09. The molecule has 3 aliphatic rings. The zero-order chi connectivity index (χ0) is 24.3. The van der Waals surface area contributed by atoms with E-state index in [-0.39, 0.29) is 34.3 Å². The number of rotatable bonds is 4. The topological polar surface area (TPSA) is 57.3 Å². The summed E-state index contributed by atoms with van der Waals surface area (Å²) >= 11 is 0. The maximum atomic E-state index is 14.0. The molecule has 5 nitrogen and oxygen atoms in total. The third-order valence-electron chi connectivity index (χ3n) is 6.79. The first-order chi connectivity index (χ1) is 16.1. The Bertz CT molecular complexity index is 1110. The Hall–Kier alpha value is -2.75. The number of carbonyl (C=O) groups is 1. The zero-order valence-electron chi connectivity index (χ0n) is 18.6. The fourth-order valence-corrected chi connectivity index (χ4v) is 5.05. The van der Waals surface area contributed by atoms with Crippen LogP contribution in [0.1, 0.15) is 37.4 Å². The van der Waals surface area contributed by atoms with Gasteiger partial charge in [-0.3, -0.25) is 9.78 Å².